The van der Waals surface area contributed by atoms with Crippen molar-refractivity contribution >= 4 is 34.6 Å². The number of anilines is 1. The van der Waals surface area contributed by atoms with E-state index < -0.39 is 23.0 Å². The number of imidazole rings is 1. The smallest absolute Gasteiger partial charge is 0.264 e. The second-order valence-electron chi connectivity index (χ2n) is 4.03. The minimum atomic E-state index is -0.892. The highest BCUT2D eigenvalue weighted by molar-refractivity contribution is 6.33. The van der Waals surface area contributed by atoms with Crippen molar-refractivity contribution in [3.63, 3.8) is 0 Å². The van der Waals surface area contributed by atoms with E-state index in [2.05, 4.69) is 25.3 Å². The number of aromatic amines is 1. The first-order valence-electron chi connectivity index (χ1n) is 5.71. The van der Waals surface area contributed by atoms with Gasteiger partial charge in [-0.05, 0) is 12.1 Å². The lowest BCUT2D eigenvalue weighted by Crippen LogP contribution is -2.16. The fourth-order valence-electron chi connectivity index (χ4n) is 1.76. The van der Waals surface area contributed by atoms with E-state index in [-0.39, 0.29) is 16.7 Å². The Morgan fingerprint density at radius 3 is 2.95 bits per heavy atom. The molecule has 0 spiro atoms. The van der Waals surface area contributed by atoms with Gasteiger partial charge in [0.1, 0.15) is 22.6 Å². The molecule has 1 aromatic carbocycles. The first kappa shape index (κ1) is 13.3. The van der Waals surface area contributed by atoms with E-state index in [1.807, 2.05) is 0 Å². The predicted octanol–water partition coefficient (Wildman–Crippen LogP) is 2.10. The molecule has 2 aromatic heterocycles. The van der Waals surface area contributed by atoms with Gasteiger partial charge in [0.05, 0.1) is 6.33 Å². The summed E-state index contributed by atoms with van der Waals surface area (Å²) in [4.78, 5) is 26.4. The summed E-state index contributed by atoms with van der Waals surface area (Å²) in [5.41, 5.74) is 0.172. The van der Waals surface area contributed by atoms with Gasteiger partial charge in [0.2, 0.25) is 5.95 Å². The zero-order valence-electron chi connectivity index (χ0n) is 10.3. The molecule has 0 aliphatic rings. The van der Waals surface area contributed by atoms with Crippen LogP contribution >= 0.6 is 11.6 Å². The first-order valence-corrected chi connectivity index (χ1v) is 6.09. The lowest BCUT2D eigenvalue weighted by atomic mass is 10.2. The summed E-state index contributed by atoms with van der Waals surface area (Å²) < 4.78 is 13.6. The maximum atomic E-state index is 13.6. The van der Waals surface area contributed by atoms with Crippen molar-refractivity contribution in [1.29, 1.82) is 0 Å². The summed E-state index contributed by atoms with van der Waals surface area (Å²) in [6, 6.07) is 3.53. The number of hydrogen-bond acceptors (Lipinski definition) is 5. The Morgan fingerprint density at radius 1 is 1.38 bits per heavy atom. The van der Waals surface area contributed by atoms with Crippen molar-refractivity contribution in [2.75, 3.05) is 5.32 Å². The van der Waals surface area contributed by atoms with Gasteiger partial charge in [-0.2, -0.15) is 9.97 Å². The number of rotatable bonds is 2. The molecule has 106 valence electrons. The van der Waals surface area contributed by atoms with E-state index in [0.29, 0.717) is 5.52 Å². The number of hydrogen-bond donors (Lipinski definition) is 3. The number of fused-ring (bicyclic) bond motifs is 1. The number of aromatic hydroxyl groups is 1. The van der Waals surface area contributed by atoms with E-state index in [0.717, 1.165) is 6.07 Å². The quantitative estimate of drug-likeness (QED) is 0.629. The highest BCUT2D eigenvalue weighted by atomic mass is 35.5. The van der Waals surface area contributed by atoms with Gasteiger partial charge in [0, 0.05) is 0 Å². The van der Waals surface area contributed by atoms with Crippen molar-refractivity contribution < 1.29 is 14.3 Å². The minimum Gasteiger partial charge on any atom is -0.507 e. The SMILES string of the molecule is O=C(Nc1nc(Cl)c2[nH]cnc2n1)c1c(O)cccc1F. The largest absolute Gasteiger partial charge is 0.507 e. The Hall–Kier alpha value is -2.74. The van der Waals surface area contributed by atoms with Crippen LogP contribution in [0, 0.1) is 5.82 Å². The van der Waals surface area contributed by atoms with Crippen LogP contribution in [0.15, 0.2) is 24.5 Å². The molecule has 1 amide bonds. The predicted molar refractivity (Wildman–Crippen MR) is 72.7 cm³/mol. The lowest BCUT2D eigenvalue weighted by molar-refractivity contribution is 0.101. The zero-order valence-corrected chi connectivity index (χ0v) is 11.0. The van der Waals surface area contributed by atoms with Crippen molar-refractivity contribution in [2.45, 2.75) is 0 Å². The molecule has 0 radical (unpaired) electrons. The van der Waals surface area contributed by atoms with Gasteiger partial charge in [-0.1, -0.05) is 17.7 Å². The fourth-order valence-corrected chi connectivity index (χ4v) is 1.97. The van der Waals surface area contributed by atoms with Crippen LogP contribution in [0.4, 0.5) is 10.3 Å². The molecule has 0 bridgehead atoms. The Kier molecular flexibility index (Phi) is 3.15. The van der Waals surface area contributed by atoms with Crippen LogP contribution in [0.25, 0.3) is 11.2 Å². The summed E-state index contributed by atoms with van der Waals surface area (Å²) >= 11 is 5.90. The molecule has 0 aliphatic carbocycles. The van der Waals surface area contributed by atoms with Gasteiger partial charge in [0.25, 0.3) is 5.91 Å². The second-order valence-corrected chi connectivity index (χ2v) is 4.39. The molecule has 9 heteroatoms. The van der Waals surface area contributed by atoms with Gasteiger partial charge in [-0.15, -0.1) is 0 Å². The van der Waals surface area contributed by atoms with E-state index >= 15 is 0 Å². The van der Waals surface area contributed by atoms with E-state index in [1.165, 1.54) is 18.5 Å². The number of carbonyl (C=O) groups excluding carboxylic acids is 1. The zero-order chi connectivity index (χ0) is 15.0. The summed E-state index contributed by atoms with van der Waals surface area (Å²) in [6.45, 7) is 0. The summed E-state index contributed by atoms with van der Waals surface area (Å²) in [6.07, 6.45) is 1.37. The average Bonchev–Trinajstić information content (AvgIpc) is 2.87. The number of halogens is 2. The van der Waals surface area contributed by atoms with Gasteiger partial charge < -0.3 is 10.1 Å². The molecule has 3 N–H and O–H groups in total. The molecular formula is C12H7ClFN5O2. The number of carbonyl (C=O) groups is 1. The number of phenolic OH excluding ortho intramolecular Hbond substituents is 1. The first-order chi connectivity index (χ1) is 10.1. The van der Waals surface area contributed by atoms with Crippen LogP contribution in [0.3, 0.4) is 0 Å². The normalized spacial score (nSPS) is 10.8. The van der Waals surface area contributed by atoms with Crippen LogP contribution in [-0.2, 0) is 0 Å². The molecule has 2 heterocycles. The van der Waals surface area contributed by atoms with Crippen molar-refractivity contribution in [3.8, 4) is 5.75 Å². The average molecular weight is 308 g/mol. The third kappa shape index (κ3) is 2.36. The molecule has 0 atom stereocenters. The molecule has 0 saturated heterocycles. The molecular weight excluding hydrogens is 301 g/mol. The van der Waals surface area contributed by atoms with Crippen LogP contribution in [0.2, 0.25) is 5.15 Å². The molecule has 0 aliphatic heterocycles. The van der Waals surface area contributed by atoms with Crippen molar-refractivity contribution in [1.82, 2.24) is 19.9 Å². The Labute approximate surface area is 121 Å². The number of benzene rings is 1. The van der Waals surface area contributed by atoms with Crippen LogP contribution in [-0.4, -0.2) is 30.9 Å². The lowest BCUT2D eigenvalue weighted by Gasteiger charge is -2.06. The maximum absolute atomic E-state index is 13.6. The standard InChI is InChI=1S/C12H7ClFN5O2/c13-9-8-10(16-4-15-8)18-12(17-9)19-11(21)7-5(14)2-1-3-6(7)20/h1-4,20H,(H2,15,16,17,18,19,21). The van der Waals surface area contributed by atoms with Gasteiger partial charge >= 0.3 is 0 Å². The molecule has 0 fully saturated rings. The Balaban J connectivity index is 1.96. The molecule has 3 aromatic rings. The fraction of sp³-hybridized carbons (Fsp3) is 0. The molecule has 3 rings (SSSR count). The number of H-pyrrole nitrogens is 1. The molecule has 7 nitrogen and oxygen atoms in total. The van der Waals surface area contributed by atoms with Gasteiger partial charge in [-0.3, -0.25) is 10.1 Å². The number of amides is 1. The second kappa shape index (κ2) is 4.98. The Bertz CT molecular complexity index is 831. The number of nitrogens with zero attached hydrogens (tertiary/aromatic N) is 3. The minimum absolute atomic E-state index is 0.0607. The monoisotopic (exact) mass is 307 g/mol. The number of aromatic nitrogens is 4. The maximum Gasteiger partial charge on any atom is 0.264 e. The highest BCUT2D eigenvalue weighted by Gasteiger charge is 2.18. The van der Waals surface area contributed by atoms with E-state index in [4.69, 9.17) is 11.6 Å². The van der Waals surface area contributed by atoms with Crippen LogP contribution in [0.1, 0.15) is 10.4 Å². The summed E-state index contributed by atoms with van der Waals surface area (Å²) in [5.74, 6) is -2.39. The molecule has 21 heavy (non-hydrogen) atoms. The van der Waals surface area contributed by atoms with Gasteiger partial charge in [-0.25, -0.2) is 9.37 Å². The molecule has 0 unspecified atom stereocenters. The third-order valence-corrected chi connectivity index (χ3v) is 2.96. The third-order valence-electron chi connectivity index (χ3n) is 2.69. The van der Waals surface area contributed by atoms with E-state index in [9.17, 15) is 14.3 Å². The van der Waals surface area contributed by atoms with Crippen molar-refractivity contribution in [2.24, 2.45) is 0 Å². The van der Waals surface area contributed by atoms with Gasteiger partial charge in [0.15, 0.2) is 10.8 Å². The van der Waals surface area contributed by atoms with Crippen LogP contribution < -0.4 is 5.32 Å². The number of phenols is 1. The van der Waals surface area contributed by atoms with Crippen LogP contribution in [0.5, 0.6) is 5.75 Å². The summed E-state index contributed by atoms with van der Waals surface area (Å²) in [7, 11) is 0. The van der Waals surface area contributed by atoms with Crippen molar-refractivity contribution in [3.05, 3.63) is 41.1 Å². The van der Waals surface area contributed by atoms with E-state index in [1.54, 1.807) is 0 Å². The molecule has 0 saturated carbocycles. The topological polar surface area (TPSA) is 104 Å². The number of nitrogens with one attached hydrogen (secondary N) is 2. The highest BCUT2D eigenvalue weighted by Crippen LogP contribution is 2.22. The summed E-state index contributed by atoms with van der Waals surface area (Å²) in [5, 5.41) is 11.9. The Morgan fingerprint density at radius 2 is 2.19 bits per heavy atom.